The molecule has 9 nitrogen and oxygen atoms in total. The van der Waals surface area contributed by atoms with Gasteiger partial charge in [-0.15, -0.1) is 4.36 Å². The van der Waals surface area contributed by atoms with Gasteiger partial charge in [0.05, 0.1) is 29.9 Å². The van der Waals surface area contributed by atoms with Crippen molar-refractivity contribution >= 4 is 39.0 Å². The van der Waals surface area contributed by atoms with Gasteiger partial charge in [0.15, 0.2) is 9.92 Å². The Bertz CT molecular complexity index is 1700. The molecular weight excluding hydrogens is 638 g/mol. The number of hydrogen-bond acceptors (Lipinski definition) is 7. The van der Waals surface area contributed by atoms with E-state index in [4.69, 9.17) is 25.8 Å². The van der Waals surface area contributed by atoms with E-state index in [1.165, 1.54) is 11.1 Å². The van der Waals surface area contributed by atoms with Crippen molar-refractivity contribution in [2.75, 3.05) is 38.3 Å². The average molecular weight is 684 g/mol. The maximum atomic E-state index is 14.8. The van der Waals surface area contributed by atoms with E-state index in [9.17, 15) is 13.8 Å². The summed E-state index contributed by atoms with van der Waals surface area (Å²) < 4.78 is 40.1. The van der Waals surface area contributed by atoms with E-state index in [1.807, 2.05) is 18.2 Å². The third-order valence-corrected chi connectivity index (χ3v) is 12.3. The zero-order valence-electron chi connectivity index (χ0n) is 27.9. The molecule has 47 heavy (non-hydrogen) atoms. The van der Waals surface area contributed by atoms with Crippen molar-refractivity contribution in [3.63, 3.8) is 0 Å². The van der Waals surface area contributed by atoms with Crippen LogP contribution in [0, 0.1) is 17.8 Å². The predicted octanol–water partition coefficient (Wildman–Crippen LogP) is 6.26. The number of carbonyl (C=O) groups is 2. The maximum Gasteiger partial charge on any atom is 0.287 e. The van der Waals surface area contributed by atoms with Crippen molar-refractivity contribution in [3.05, 3.63) is 64.7 Å². The van der Waals surface area contributed by atoms with Crippen LogP contribution in [0.1, 0.15) is 64.5 Å². The molecule has 6 rings (SSSR count). The maximum absolute atomic E-state index is 14.8. The highest BCUT2D eigenvalue weighted by atomic mass is 35.5. The first kappa shape index (κ1) is 34.0. The van der Waals surface area contributed by atoms with Crippen LogP contribution < -0.4 is 14.4 Å². The molecule has 0 radical (unpaired) electrons. The number of rotatable bonds is 3. The minimum atomic E-state index is -3.74. The summed E-state index contributed by atoms with van der Waals surface area (Å²) in [7, 11) is -2.01. The number of methoxy groups -OCH3 is 1. The summed E-state index contributed by atoms with van der Waals surface area (Å²) in [6.45, 7) is 8.66. The van der Waals surface area contributed by atoms with Crippen molar-refractivity contribution in [3.8, 4) is 5.75 Å². The van der Waals surface area contributed by atoms with E-state index >= 15 is 0 Å². The number of anilines is 1. The minimum Gasteiger partial charge on any atom is -0.490 e. The molecule has 2 aliphatic carbocycles. The van der Waals surface area contributed by atoms with Gasteiger partial charge in [0.2, 0.25) is 5.91 Å². The van der Waals surface area contributed by atoms with Crippen LogP contribution in [0.25, 0.3) is 0 Å². The third kappa shape index (κ3) is 6.71. The molecule has 0 saturated heterocycles. The second kappa shape index (κ2) is 13.2. The fourth-order valence-corrected chi connectivity index (χ4v) is 9.27. The first-order chi connectivity index (χ1) is 22.3. The molecule has 2 amide bonds. The van der Waals surface area contributed by atoms with Gasteiger partial charge in [-0.3, -0.25) is 14.3 Å². The normalized spacial score (nSPS) is 30.3. The average Bonchev–Trinajstić information content (AvgIpc) is 3.16. The van der Waals surface area contributed by atoms with Gasteiger partial charge in [-0.25, -0.2) is 4.21 Å². The Labute approximate surface area is 283 Å². The number of aryl methyl sites for hydroxylation is 1. The number of hydrogen-bond donors (Lipinski definition) is 1. The van der Waals surface area contributed by atoms with Gasteiger partial charge in [-0.1, -0.05) is 43.7 Å². The molecule has 1 N–H and O–H groups in total. The fourth-order valence-electron chi connectivity index (χ4n) is 7.32. The van der Waals surface area contributed by atoms with Crippen LogP contribution in [0.3, 0.4) is 0 Å². The molecule has 2 heterocycles. The number of fused-ring (bicyclic) bond motifs is 4. The Kier molecular flexibility index (Phi) is 9.52. The van der Waals surface area contributed by atoms with Gasteiger partial charge < -0.3 is 19.1 Å². The fraction of sp³-hybridized carbons (Fsp3) is 0.556. The summed E-state index contributed by atoms with van der Waals surface area (Å²) in [5.74, 6) is -0.366. The van der Waals surface area contributed by atoms with E-state index in [1.54, 1.807) is 53.0 Å². The predicted molar refractivity (Wildman–Crippen MR) is 183 cm³/mol. The molecule has 4 aliphatic rings. The van der Waals surface area contributed by atoms with Gasteiger partial charge in [-0.05, 0) is 99.2 Å². The number of nitrogens with one attached hydrogen (secondary N) is 1. The molecule has 2 aliphatic heterocycles. The van der Waals surface area contributed by atoms with Gasteiger partial charge in [0.1, 0.15) is 11.4 Å². The lowest BCUT2D eigenvalue weighted by Gasteiger charge is -2.46. The summed E-state index contributed by atoms with van der Waals surface area (Å²) in [5, 5.41) is 0.731. The lowest BCUT2D eigenvalue weighted by Crippen LogP contribution is -2.49. The summed E-state index contributed by atoms with van der Waals surface area (Å²) in [5.41, 5.74) is 1.60. The Hall–Kier alpha value is -2.92. The van der Waals surface area contributed by atoms with Crippen molar-refractivity contribution in [1.29, 1.82) is 0 Å². The largest absolute Gasteiger partial charge is 0.490 e. The van der Waals surface area contributed by atoms with Crippen LogP contribution in [0.4, 0.5) is 5.69 Å². The number of carbonyl (C=O) groups excluding carboxylic acids is 2. The van der Waals surface area contributed by atoms with Gasteiger partial charge in [-0.2, -0.15) is 0 Å². The lowest BCUT2D eigenvalue weighted by atomic mass is 9.68. The summed E-state index contributed by atoms with van der Waals surface area (Å²) in [6.07, 6.45) is 8.83. The highest BCUT2D eigenvalue weighted by molar-refractivity contribution is 7.92. The number of nitrogens with zero attached hydrogens (tertiary/aromatic N) is 2. The lowest BCUT2D eigenvalue weighted by molar-refractivity contribution is -0.137. The van der Waals surface area contributed by atoms with E-state index < -0.39 is 33.2 Å². The zero-order valence-corrected chi connectivity index (χ0v) is 29.5. The van der Waals surface area contributed by atoms with Gasteiger partial charge >= 0.3 is 0 Å². The molecule has 5 atom stereocenters. The SMILES string of the molecule is CO[C@@H]1C=CCOC(C)(C)C(=O)N=[S@@](=O)(NC(=O)C(C)C)c2ccc3c(c2)N(C[C@@H]2CC[C@H]21)C[C@@]1(CCCc2cc(Cl)ccc21)CO3. The van der Waals surface area contributed by atoms with Crippen LogP contribution in [-0.4, -0.2) is 61.1 Å². The van der Waals surface area contributed by atoms with Crippen LogP contribution in [0.5, 0.6) is 5.75 Å². The summed E-state index contributed by atoms with van der Waals surface area (Å²) in [6, 6.07) is 11.4. The van der Waals surface area contributed by atoms with Crippen molar-refractivity contribution < 1.29 is 28.0 Å². The first-order valence-corrected chi connectivity index (χ1v) is 18.5. The van der Waals surface area contributed by atoms with Crippen molar-refractivity contribution in [2.45, 2.75) is 81.8 Å². The van der Waals surface area contributed by atoms with Gasteiger partial charge in [0, 0.05) is 36.6 Å². The minimum absolute atomic E-state index is 0.0979. The van der Waals surface area contributed by atoms with Crippen LogP contribution in [0.2, 0.25) is 5.02 Å². The van der Waals surface area contributed by atoms with Crippen LogP contribution in [0.15, 0.2) is 57.8 Å². The molecule has 254 valence electrons. The smallest absolute Gasteiger partial charge is 0.287 e. The number of halogens is 1. The summed E-state index contributed by atoms with van der Waals surface area (Å²) >= 11 is 6.45. The molecule has 1 spiro atoms. The molecule has 11 heteroatoms. The van der Waals surface area contributed by atoms with E-state index in [0.717, 1.165) is 49.4 Å². The van der Waals surface area contributed by atoms with E-state index in [0.29, 0.717) is 30.7 Å². The summed E-state index contributed by atoms with van der Waals surface area (Å²) in [4.78, 5) is 29.2. The highest BCUT2D eigenvalue weighted by Gasteiger charge is 2.44. The first-order valence-electron chi connectivity index (χ1n) is 16.6. The molecule has 0 unspecified atom stereocenters. The Morgan fingerprint density at radius 3 is 2.72 bits per heavy atom. The molecule has 2 aromatic rings. The topological polar surface area (TPSA) is 107 Å². The van der Waals surface area contributed by atoms with Crippen molar-refractivity contribution in [2.24, 2.45) is 22.1 Å². The number of amides is 2. The van der Waals surface area contributed by atoms with Gasteiger partial charge in [0.25, 0.3) is 5.91 Å². The Morgan fingerprint density at radius 2 is 2.00 bits per heavy atom. The molecule has 1 saturated carbocycles. The molecular formula is C36H46ClN3O6S. The third-order valence-electron chi connectivity index (χ3n) is 10.3. The van der Waals surface area contributed by atoms with Crippen molar-refractivity contribution in [1.82, 2.24) is 4.72 Å². The molecule has 2 bridgehead atoms. The zero-order chi connectivity index (χ0) is 33.6. The monoisotopic (exact) mass is 683 g/mol. The molecule has 0 aromatic heterocycles. The van der Waals surface area contributed by atoms with Crippen LogP contribution >= 0.6 is 11.6 Å². The van der Waals surface area contributed by atoms with E-state index in [2.05, 4.69) is 26.1 Å². The Morgan fingerprint density at radius 1 is 1.19 bits per heavy atom. The quantitative estimate of drug-likeness (QED) is 0.381. The highest BCUT2D eigenvalue weighted by Crippen LogP contribution is 2.47. The second-order valence-corrected chi connectivity index (χ2v) is 16.6. The van der Waals surface area contributed by atoms with E-state index in [-0.39, 0.29) is 23.0 Å². The second-order valence-electron chi connectivity index (χ2n) is 14.2. The van der Waals surface area contributed by atoms with Crippen LogP contribution in [-0.2, 0) is 40.8 Å². The number of ether oxygens (including phenoxy) is 3. The standard InChI is InChI=1S/C36H46ClN3O6S/c1-23(2)33(41)38-47(43)27-12-15-32-30(19-27)40(21-36(22-45-32)16-6-8-24-18-26(37)11-14-29(24)36)20-25-10-13-28(25)31(44-5)9-7-17-46-35(3,4)34(42)39-47/h7,9,11-12,14-15,18-19,23,25,28,31H,6,8,10,13,16-17,20-22H2,1-5H3,(H,38,39,41,42,43)/t25-,28+,31+,36-,47-/m0/s1. The number of benzene rings is 2. The molecule has 1 fully saturated rings. The Balaban J connectivity index is 1.51. The molecule has 2 aromatic carbocycles.